The van der Waals surface area contributed by atoms with Crippen molar-refractivity contribution in [1.82, 2.24) is 9.38 Å². The number of halogens is 2. The molecule has 4 rings (SSSR count). The molecule has 23 heavy (non-hydrogen) atoms. The fourth-order valence-electron chi connectivity index (χ4n) is 2.69. The Labute approximate surface area is 142 Å². The van der Waals surface area contributed by atoms with Gasteiger partial charge in [-0.1, -0.05) is 23.2 Å². The first-order valence-electron chi connectivity index (χ1n) is 7.04. The Morgan fingerprint density at radius 2 is 1.91 bits per heavy atom. The molecule has 0 fully saturated rings. The second-order valence-electron chi connectivity index (χ2n) is 5.12. The number of imidazole rings is 1. The number of pyridine rings is 1. The smallest absolute Gasteiger partial charge is 0.162 e. The van der Waals surface area contributed by atoms with Crippen molar-refractivity contribution in [2.75, 3.05) is 13.2 Å². The predicted molar refractivity (Wildman–Crippen MR) is 87.6 cm³/mol. The van der Waals surface area contributed by atoms with Crippen LogP contribution < -0.4 is 9.47 Å². The third-order valence-corrected chi connectivity index (χ3v) is 4.19. The van der Waals surface area contributed by atoms with Gasteiger partial charge < -0.3 is 14.6 Å². The second-order valence-corrected chi connectivity index (χ2v) is 5.97. The van der Waals surface area contributed by atoms with Crippen molar-refractivity contribution in [3.8, 4) is 22.8 Å². The molecule has 3 aromatic rings. The predicted octanol–water partition coefficient (Wildman–Crippen LogP) is 3.57. The van der Waals surface area contributed by atoms with Crippen LogP contribution in [0.5, 0.6) is 11.5 Å². The zero-order valence-corrected chi connectivity index (χ0v) is 13.4. The zero-order valence-electron chi connectivity index (χ0n) is 11.9. The van der Waals surface area contributed by atoms with Crippen molar-refractivity contribution in [3.63, 3.8) is 0 Å². The molecule has 0 saturated carbocycles. The highest BCUT2D eigenvalue weighted by Crippen LogP contribution is 2.36. The van der Waals surface area contributed by atoms with Crippen molar-refractivity contribution in [2.45, 2.75) is 6.61 Å². The molecule has 1 aliphatic heterocycles. The Bertz CT molecular complexity index is 908. The number of benzene rings is 1. The molecule has 2 aromatic heterocycles. The minimum absolute atomic E-state index is 0.193. The van der Waals surface area contributed by atoms with Gasteiger partial charge in [0.15, 0.2) is 17.1 Å². The van der Waals surface area contributed by atoms with Gasteiger partial charge in [-0.15, -0.1) is 0 Å². The molecule has 3 heterocycles. The summed E-state index contributed by atoms with van der Waals surface area (Å²) in [4.78, 5) is 4.56. The van der Waals surface area contributed by atoms with Gasteiger partial charge in [-0.05, 0) is 24.3 Å². The van der Waals surface area contributed by atoms with Gasteiger partial charge in [0.2, 0.25) is 0 Å². The van der Waals surface area contributed by atoms with Gasteiger partial charge in [-0.25, -0.2) is 4.98 Å². The topological polar surface area (TPSA) is 56.0 Å². The van der Waals surface area contributed by atoms with E-state index in [1.807, 2.05) is 18.2 Å². The van der Waals surface area contributed by atoms with E-state index in [1.165, 1.54) is 0 Å². The van der Waals surface area contributed by atoms with E-state index < -0.39 is 0 Å². The Balaban J connectivity index is 1.93. The number of rotatable bonds is 2. The fourth-order valence-corrected chi connectivity index (χ4v) is 3.21. The van der Waals surface area contributed by atoms with Crippen LogP contribution >= 0.6 is 23.2 Å². The van der Waals surface area contributed by atoms with Gasteiger partial charge in [-0.2, -0.15) is 0 Å². The van der Waals surface area contributed by atoms with Gasteiger partial charge in [0.1, 0.15) is 13.2 Å². The number of aromatic nitrogens is 2. The molecule has 1 aromatic carbocycles. The molecule has 0 aliphatic carbocycles. The highest BCUT2D eigenvalue weighted by Gasteiger charge is 2.19. The minimum atomic E-state index is -0.193. The molecule has 7 heteroatoms. The van der Waals surface area contributed by atoms with Crippen LogP contribution in [0.4, 0.5) is 0 Å². The summed E-state index contributed by atoms with van der Waals surface area (Å²) in [6, 6.07) is 7.19. The largest absolute Gasteiger partial charge is 0.486 e. The van der Waals surface area contributed by atoms with E-state index in [2.05, 4.69) is 4.98 Å². The lowest BCUT2D eigenvalue weighted by Gasteiger charge is -2.18. The van der Waals surface area contributed by atoms with Gasteiger partial charge in [0.25, 0.3) is 0 Å². The Morgan fingerprint density at radius 1 is 1.13 bits per heavy atom. The maximum atomic E-state index is 9.78. The van der Waals surface area contributed by atoms with Crippen molar-refractivity contribution >= 4 is 28.8 Å². The molecule has 5 nitrogen and oxygen atoms in total. The first kappa shape index (κ1) is 14.6. The summed E-state index contributed by atoms with van der Waals surface area (Å²) in [6.07, 6.45) is 1.68. The van der Waals surface area contributed by atoms with Crippen LogP contribution in [0.2, 0.25) is 10.0 Å². The van der Waals surface area contributed by atoms with Crippen molar-refractivity contribution < 1.29 is 14.6 Å². The molecule has 0 saturated heterocycles. The minimum Gasteiger partial charge on any atom is -0.486 e. The Kier molecular flexibility index (Phi) is 3.56. The summed E-state index contributed by atoms with van der Waals surface area (Å²) in [5, 5.41) is 10.7. The lowest BCUT2D eigenvalue weighted by molar-refractivity contribution is 0.171. The molecular weight excluding hydrogens is 339 g/mol. The maximum Gasteiger partial charge on any atom is 0.162 e. The van der Waals surface area contributed by atoms with Gasteiger partial charge >= 0.3 is 0 Å². The summed E-state index contributed by atoms with van der Waals surface area (Å²) in [6.45, 7) is 0.855. The van der Waals surface area contributed by atoms with Crippen molar-refractivity contribution in [2.24, 2.45) is 0 Å². The Hall–Kier alpha value is -1.95. The summed E-state index contributed by atoms with van der Waals surface area (Å²) in [5.41, 5.74) is 2.61. The van der Waals surface area contributed by atoms with E-state index in [-0.39, 0.29) is 6.61 Å². The lowest BCUT2D eigenvalue weighted by atomic mass is 10.1. The number of hydrogen-bond donors (Lipinski definition) is 1. The second kappa shape index (κ2) is 5.60. The highest BCUT2D eigenvalue weighted by atomic mass is 35.5. The summed E-state index contributed by atoms with van der Waals surface area (Å²) >= 11 is 12.3. The Morgan fingerprint density at radius 3 is 2.70 bits per heavy atom. The lowest BCUT2D eigenvalue weighted by Crippen LogP contribution is -2.15. The summed E-state index contributed by atoms with van der Waals surface area (Å²) in [7, 11) is 0. The maximum absolute atomic E-state index is 9.78. The van der Waals surface area contributed by atoms with Gasteiger partial charge in [0, 0.05) is 11.8 Å². The molecule has 1 N–H and O–H groups in total. The van der Waals surface area contributed by atoms with Gasteiger partial charge in [0.05, 0.1) is 28.0 Å². The summed E-state index contributed by atoms with van der Waals surface area (Å²) < 4.78 is 12.8. The standard InChI is InChI=1S/C16H12Cl2N2O3/c17-10-6-11(18)16-19-15(12(8-21)20(16)7-10)9-1-2-13-14(5-9)23-4-3-22-13/h1-2,5-7,21H,3-4,8H2. The molecule has 1 aliphatic rings. The van der Waals surface area contributed by atoms with E-state index >= 15 is 0 Å². The average Bonchev–Trinajstić information content (AvgIpc) is 2.93. The van der Waals surface area contributed by atoms with Crippen molar-refractivity contribution in [3.05, 3.63) is 46.2 Å². The van der Waals surface area contributed by atoms with Crippen LogP contribution in [0.25, 0.3) is 16.9 Å². The fraction of sp³-hybridized carbons (Fsp3) is 0.188. The number of aliphatic hydroxyl groups excluding tert-OH is 1. The molecular formula is C16H12Cl2N2O3. The normalized spacial score (nSPS) is 13.5. The van der Waals surface area contributed by atoms with Crippen LogP contribution in [0, 0.1) is 0 Å². The molecule has 0 spiro atoms. The SMILES string of the molecule is OCc1c(-c2ccc3c(c2)OCCO3)nc2c(Cl)cc(Cl)cn12. The third kappa shape index (κ3) is 2.41. The number of aliphatic hydroxyl groups is 1. The van der Waals surface area contributed by atoms with E-state index in [0.29, 0.717) is 51.8 Å². The molecule has 0 atom stereocenters. The first-order valence-corrected chi connectivity index (χ1v) is 7.80. The van der Waals surface area contributed by atoms with Crippen LogP contribution in [-0.4, -0.2) is 27.7 Å². The number of nitrogens with zero attached hydrogens (tertiary/aromatic N) is 2. The van der Waals surface area contributed by atoms with Gasteiger partial charge in [-0.3, -0.25) is 4.40 Å². The van der Waals surface area contributed by atoms with Crippen LogP contribution in [0.3, 0.4) is 0 Å². The number of hydrogen-bond acceptors (Lipinski definition) is 4. The van der Waals surface area contributed by atoms with E-state index in [4.69, 9.17) is 32.7 Å². The van der Waals surface area contributed by atoms with E-state index in [9.17, 15) is 5.11 Å². The quantitative estimate of drug-likeness (QED) is 0.767. The first-order chi connectivity index (χ1) is 11.2. The van der Waals surface area contributed by atoms with Crippen LogP contribution in [0.1, 0.15) is 5.69 Å². The van der Waals surface area contributed by atoms with E-state index in [0.717, 1.165) is 5.56 Å². The highest BCUT2D eigenvalue weighted by molar-refractivity contribution is 6.36. The average molecular weight is 351 g/mol. The molecule has 0 amide bonds. The van der Waals surface area contributed by atoms with Crippen LogP contribution in [-0.2, 0) is 6.61 Å². The number of ether oxygens (including phenoxy) is 2. The third-order valence-electron chi connectivity index (χ3n) is 3.71. The molecule has 0 unspecified atom stereocenters. The molecule has 0 radical (unpaired) electrons. The molecule has 0 bridgehead atoms. The monoisotopic (exact) mass is 350 g/mol. The van der Waals surface area contributed by atoms with Crippen LogP contribution in [0.15, 0.2) is 30.5 Å². The number of fused-ring (bicyclic) bond motifs is 2. The van der Waals surface area contributed by atoms with E-state index in [1.54, 1.807) is 16.7 Å². The van der Waals surface area contributed by atoms with Crippen molar-refractivity contribution in [1.29, 1.82) is 0 Å². The zero-order chi connectivity index (χ0) is 16.0. The molecule has 118 valence electrons. The summed E-state index contributed by atoms with van der Waals surface area (Å²) in [5.74, 6) is 1.37.